The van der Waals surface area contributed by atoms with E-state index < -0.39 is 37.0 Å². The molecule has 1 aliphatic rings. The van der Waals surface area contributed by atoms with Gasteiger partial charge in [-0.05, 0) is 13.0 Å². The fraction of sp³-hybridized carbons (Fsp3) is 0.417. The first kappa shape index (κ1) is 16.8. The second-order valence-corrected chi connectivity index (χ2v) is 7.32. The summed E-state index contributed by atoms with van der Waals surface area (Å²) in [4.78, 5) is 39.8. The molecule has 5 N–H and O–H groups in total. The van der Waals surface area contributed by atoms with Gasteiger partial charge in [0.2, 0.25) is 5.95 Å². The van der Waals surface area contributed by atoms with Crippen molar-refractivity contribution in [1.82, 2.24) is 19.5 Å². The van der Waals surface area contributed by atoms with Crippen LogP contribution in [0, 0.1) is 0 Å². The van der Waals surface area contributed by atoms with E-state index in [1.807, 2.05) is 0 Å². The Morgan fingerprint density at radius 2 is 2.33 bits per heavy atom. The summed E-state index contributed by atoms with van der Waals surface area (Å²) in [6.07, 6.45) is 1.72. The Labute approximate surface area is 134 Å². The number of rotatable bonds is 4. The van der Waals surface area contributed by atoms with Crippen molar-refractivity contribution in [2.24, 2.45) is 0 Å². The van der Waals surface area contributed by atoms with Crippen molar-refractivity contribution in [3.8, 4) is 0 Å². The van der Waals surface area contributed by atoms with E-state index >= 15 is 0 Å². The van der Waals surface area contributed by atoms with Crippen LogP contribution in [0.4, 0.5) is 10.3 Å². The fourth-order valence-corrected chi connectivity index (χ4v) is 3.07. The van der Waals surface area contributed by atoms with Crippen LogP contribution in [0.1, 0.15) is 19.4 Å². The number of aromatic amines is 1. The third kappa shape index (κ3) is 2.98. The number of ether oxygens (including phenoxy) is 1. The number of aromatic nitrogens is 4. The summed E-state index contributed by atoms with van der Waals surface area (Å²) in [5, 5.41) is 0. The lowest BCUT2D eigenvalue weighted by Gasteiger charge is -2.25. The maximum atomic E-state index is 14.3. The summed E-state index contributed by atoms with van der Waals surface area (Å²) in [5.41, 5.74) is 3.76. The first-order valence-corrected chi connectivity index (χ1v) is 8.67. The molecule has 0 amide bonds. The highest BCUT2D eigenvalue weighted by atomic mass is 31.2. The lowest BCUT2D eigenvalue weighted by Crippen LogP contribution is -2.28. The average molecular weight is 359 g/mol. The van der Waals surface area contributed by atoms with Gasteiger partial charge in [0, 0.05) is 6.42 Å². The number of nitrogens with one attached hydrogen (secondary N) is 1. The highest BCUT2D eigenvalue weighted by Crippen LogP contribution is 2.44. The Morgan fingerprint density at radius 1 is 1.62 bits per heavy atom. The number of nitrogens with zero attached hydrogens (tertiary/aromatic N) is 3. The van der Waals surface area contributed by atoms with Gasteiger partial charge in [-0.15, -0.1) is 0 Å². The van der Waals surface area contributed by atoms with E-state index in [-0.39, 0.29) is 23.5 Å². The molecule has 2 aromatic rings. The van der Waals surface area contributed by atoms with Crippen LogP contribution in [-0.4, -0.2) is 41.3 Å². The molecule has 24 heavy (non-hydrogen) atoms. The molecule has 12 heteroatoms. The van der Waals surface area contributed by atoms with Gasteiger partial charge in [-0.2, -0.15) is 4.98 Å². The molecule has 0 saturated heterocycles. The van der Waals surface area contributed by atoms with E-state index in [0.717, 1.165) is 0 Å². The van der Waals surface area contributed by atoms with E-state index in [2.05, 4.69) is 15.0 Å². The Balaban J connectivity index is 1.93. The normalized spacial score (nSPS) is 24.5. The first-order valence-electron chi connectivity index (χ1n) is 6.88. The molecule has 0 spiro atoms. The standard InChI is InChI=1S/C12H15FN5O5P/c1-12(23-5-24(20,21)22)3-6(2-7(12)13)18-4-15-8-9(18)16-11(14)17-10(8)19/h2,4,6H,3,5H2,1H3,(H2,20,21,22)(H3,14,16,17,19)/t6?,12-/m0/s1. The zero-order chi connectivity index (χ0) is 17.7. The van der Waals surface area contributed by atoms with Crippen LogP contribution in [0.25, 0.3) is 11.2 Å². The van der Waals surface area contributed by atoms with Crippen molar-refractivity contribution in [1.29, 1.82) is 0 Å². The summed E-state index contributed by atoms with van der Waals surface area (Å²) < 4.78 is 31.8. The Hall–Kier alpha value is -2.07. The molecule has 0 aromatic carbocycles. The molecule has 0 fully saturated rings. The number of halogens is 1. The van der Waals surface area contributed by atoms with E-state index in [0.29, 0.717) is 0 Å². The Kier molecular flexibility index (Phi) is 3.83. The lowest BCUT2D eigenvalue weighted by atomic mass is 10.0. The number of allylic oxidation sites excluding steroid dienone is 1. The van der Waals surface area contributed by atoms with E-state index in [1.54, 1.807) is 0 Å². The molecule has 2 heterocycles. The topological polar surface area (TPSA) is 156 Å². The van der Waals surface area contributed by atoms with Gasteiger partial charge >= 0.3 is 7.60 Å². The van der Waals surface area contributed by atoms with Gasteiger partial charge in [0.05, 0.1) is 12.4 Å². The first-order chi connectivity index (χ1) is 11.1. The summed E-state index contributed by atoms with van der Waals surface area (Å²) in [6.45, 7) is 1.39. The quantitative estimate of drug-likeness (QED) is 0.572. The largest absolute Gasteiger partial charge is 0.369 e. The molecular weight excluding hydrogens is 344 g/mol. The fourth-order valence-electron chi connectivity index (χ4n) is 2.62. The van der Waals surface area contributed by atoms with Crippen LogP contribution >= 0.6 is 7.60 Å². The molecule has 0 saturated carbocycles. The molecular formula is C12H15FN5O5P. The van der Waals surface area contributed by atoms with Crippen molar-refractivity contribution in [3.63, 3.8) is 0 Å². The Bertz CT molecular complexity index is 934. The molecule has 130 valence electrons. The van der Waals surface area contributed by atoms with E-state index in [1.165, 1.54) is 23.9 Å². The molecule has 1 aliphatic carbocycles. The molecule has 10 nitrogen and oxygen atoms in total. The average Bonchev–Trinajstić information content (AvgIpc) is 2.99. The number of H-pyrrole nitrogens is 1. The van der Waals surface area contributed by atoms with Gasteiger partial charge in [0.25, 0.3) is 5.56 Å². The zero-order valence-electron chi connectivity index (χ0n) is 12.5. The number of imidazole rings is 1. The van der Waals surface area contributed by atoms with Gasteiger partial charge < -0.3 is 24.8 Å². The second-order valence-electron chi connectivity index (χ2n) is 5.73. The predicted octanol–water partition coefficient (Wildman–Crippen LogP) is 0.410. The predicted molar refractivity (Wildman–Crippen MR) is 81.8 cm³/mol. The monoisotopic (exact) mass is 359 g/mol. The van der Waals surface area contributed by atoms with Gasteiger partial charge in [0.1, 0.15) is 17.8 Å². The maximum absolute atomic E-state index is 14.3. The van der Waals surface area contributed by atoms with Crippen molar-refractivity contribution in [2.45, 2.75) is 25.0 Å². The van der Waals surface area contributed by atoms with Crippen LogP contribution < -0.4 is 11.3 Å². The van der Waals surface area contributed by atoms with Crippen LogP contribution in [0.2, 0.25) is 0 Å². The van der Waals surface area contributed by atoms with Crippen LogP contribution in [0.3, 0.4) is 0 Å². The van der Waals surface area contributed by atoms with Crippen molar-refractivity contribution >= 4 is 24.7 Å². The number of nitrogens with two attached hydrogens (primary N) is 1. The maximum Gasteiger partial charge on any atom is 0.351 e. The van der Waals surface area contributed by atoms with E-state index in [4.69, 9.17) is 20.3 Å². The van der Waals surface area contributed by atoms with Crippen LogP contribution in [0.5, 0.6) is 0 Å². The second kappa shape index (κ2) is 5.49. The third-order valence-corrected chi connectivity index (χ3v) is 4.27. The van der Waals surface area contributed by atoms with Crippen molar-refractivity contribution < 1.29 is 23.5 Å². The molecule has 2 aromatic heterocycles. The molecule has 1 unspecified atom stereocenters. The minimum absolute atomic E-state index is 0.0542. The summed E-state index contributed by atoms with van der Waals surface area (Å²) in [5.74, 6) is -0.766. The third-order valence-electron chi connectivity index (χ3n) is 3.80. The Morgan fingerprint density at radius 3 is 3.00 bits per heavy atom. The number of anilines is 1. The van der Waals surface area contributed by atoms with Crippen LogP contribution in [0.15, 0.2) is 23.0 Å². The smallest absolute Gasteiger partial charge is 0.351 e. The van der Waals surface area contributed by atoms with Gasteiger partial charge in [-0.1, -0.05) is 0 Å². The van der Waals surface area contributed by atoms with Crippen LogP contribution in [-0.2, 0) is 9.30 Å². The zero-order valence-corrected chi connectivity index (χ0v) is 13.4. The number of fused-ring (bicyclic) bond motifs is 1. The molecule has 2 atom stereocenters. The minimum Gasteiger partial charge on any atom is -0.369 e. The summed E-state index contributed by atoms with van der Waals surface area (Å²) >= 11 is 0. The molecule has 0 aliphatic heterocycles. The number of hydrogen-bond donors (Lipinski definition) is 4. The SMILES string of the molecule is C[C@]1(OCP(=O)(O)O)CC(n2cnc3c(=O)[nH]c(N)nc32)C=C1F. The van der Waals surface area contributed by atoms with Crippen molar-refractivity contribution in [3.05, 3.63) is 28.6 Å². The van der Waals surface area contributed by atoms with Gasteiger partial charge in [0.15, 0.2) is 11.2 Å². The molecule has 0 radical (unpaired) electrons. The number of hydrogen-bond acceptors (Lipinski definition) is 6. The summed E-state index contributed by atoms with van der Waals surface area (Å²) in [7, 11) is -4.43. The van der Waals surface area contributed by atoms with Gasteiger partial charge in [-0.3, -0.25) is 14.3 Å². The van der Waals surface area contributed by atoms with Gasteiger partial charge in [-0.25, -0.2) is 9.37 Å². The number of nitrogen functional groups attached to an aromatic ring is 1. The van der Waals surface area contributed by atoms with E-state index in [9.17, 15) is 13.8 Å². The molecule has 3 rings (SSSR count). The van der Waals surface area contributed by atoms with Crippen molar-refractivity contribution in [2.75, 3.05) is 12.1 Å². The lowest BCUT2D eigenvalue weighted by molar-refractivity contribution is -0.00220. The molecule has 0 bridgehead atoms. The summed E-state index contributed by atoms with van der Waals surface area (Å²) in [6, 6.07) is -0.592. The highest BCUT2D eigenvalue weighted by Gasteiger charge is 2.42. The minimum atomic E-state index is -4.43. The highest BCUT2D eigenvalue weighted by molar-refractivity contribution is 7.51.